The van der Waals surface area contributed by atoms with Crippen molar-refractivity contribution in [1.29, 1.82) is 0 Å². The van der Waals surface area contributed by atoms with Crippen molar-refractivity contribution in [2.75, 3.05) is 18.0 Å². The van der Waals surface area contributed by atoms with Gasteiger partial charge in [0.1, 0.15) is 5.82 Å². The predicted molar refractivity (Wildman–Crippen MR) is 88.8 cm³/mol. The molecule has 1 saturated carbocycles. The highest BCUT2D eigenvalue weighted by Crippen LogP contribution is 2.30. The van der Waals surface area contributed by atoms with E-state index in [9.17, 15) is 0 Å². The van der Waals surface area contributed by atoms with Crippen LogP contribution in [0.2, 0.25) is 0 Å². The smallest absolute Gasteiger partial charge is 0.133 e. The molecule has 3 heteroatoms. The molecule has 0 bridgehead atoms. The van der Waals surface area contributed by atoms with Crippen LogP contribution in [-0.2, 0) is 6.54 Å². The Balaban J connectivity index is 1.78. The Kier molecular flexibility index (Phi) is 4.48. The first-order valence-electron chi connectivity index (χ1n) is 8.62. The summed E-state index contributed by atoms with van der Waals surface area (Å²) in [5.74, 6) is 2.11. The van der Waals surface area contributed by atoms with Crippen molar-refractivity contribution in [2.24, 2.45) is 5.92 Å². The van der Waals surface area contributed by atoms with Gasteiger partial charge in [-0.05, 0) is 57.1 Å². The van der Waals surface area contributed by atoms with Gasteiger partial charge in [-0.15, -0.1) is 0 Å². The van der Waals surface area contributed by atoms with E-state index in [1.54, 1.807) is 0 Å². The van der Waals surface area contributed by atoms with Crippen LogP contribution < -0.4 is 10.2 Å². The Morgan fingerprint density at radius 1 is 1.29 bits per heavy atom. The standard InChI is InChI=1S/C18H29N3/c1-4-5-15-8-9-21(12-15)18-17(11-19-16-6-7-16)13(2)10-14(3)20-18/h10,15-16,19H,4-9,11-12H2,1-3H3. The normalized spacial score (nSPS) is 22.0. The molecule has 0 amide bonds. The highest BCUT2D eigenvalue weighted by molar-refractivity contribution is 5.52. The second-order valence-corrected chi connectivity index (χ2v) is 6.93. The number of anilines is 1. The maximum atomic E-state index is 4.89. The number of aromatic nitrogens is 1. The number of pyridine rings is 1. The van der Waals surface area contributed by atoms with Crippen LogP contribution in [0.25, 0.3) is 0 Å². The second-order valence-electron chi connectivity index (χ2n) is 6.93. The van der Waals surface area contributed by atoms with Crippen LogP contribution in [0.1, 0.15) is 55.8 Å². The lowest BCUT2D eigenvalue weighted by molar-refractivity contribution is 0.529. The van der Waals surface area contributed by atoms with Crippen LogP contribution in [0.15, 0.2) is 6.07 Å². The van der Waals surface area contributed by atoms with Gasteiger partial charge in [-0.1, -0.05) is 13.3 Å². The zero-order valence-corrected chi connectivity index (χ0v) is 13.8. The molecule has 1 N–H and O–H groups in total. The Morgan fingerprint density at radius 3 is 2.81 bits per heavy atom. The molecule has 1 aliphatic carbocycles. The molecule has 2 heterocycles. The number of aryl methyl sites for hydroxylation is 2. The van der Waals surface area contributed by atoms with Crippen molar-refractivity contribution in [3.63, 3.8) is 0 Å². The lowest BCUT2D eigenvalue weighted by Gasteiger charge is -2.23. The summed E-state index contributed by atoms with van der Waals surface area (Å²) in [7, 11) is 0. The van der Waals surface area contributed by atoms with Crippen LogP contribution in [0.5, 0.6) is 0 Å². The van der Waals surface area contributed by atoms with Gasteiger partial charge in [-0.3, -0.25) is 0 Å². The van der Waals surface area contributed by atoms with Crippen molar-refractivity contribution >= 4 is 5.82 Å². The van der Waals surface area contributed by atoms with Crippen molar-refractivity contribution in [1.82, 2.24) is 10.3 Å². The van der Waals surface area contributed by atoms with Gasteiger partial charge in [0.2, 0.25) is 0 Å². The maximum absolute atomic E-state index is 4.89. The SMILES string of the molecule is CCCC1CCN(c2nc(C)cc(C)c2CNC2CC2)C1. The summed E-state index contributed by atoms with van der Waals surface area (Å²) in [6.07, 6.45) is 6.68. The summed E-state index contributed by atoms with van der Waals surface area (Å²) in [5.41, 5.74) is 3.96. The Morgan fingerprint density at radius 2 is 2.10 bits per heavy atom. The first-order chi connectivity index (χ1) is 10.2. The van der Waals surface area contributed by atoms with Crippen LogP contribution in [0, 0.1) is 19.8 Å². The minimum absolute atomic E-state index is 0.755. The summed E-state index contributed by atoms with van der Waals surface area (Å²) in [6, 6.07) is 2.98. The van der Waals surface area contributed by atoms with E-state index in [-0.39, 0.29) is 0 Å². The lowest BCUT2D eigenvalue weighted by atomic mass is 10.0. The number of rotatable bonds is 6. The summed E-state index contributed by atoms with van der Waals surface area (Å²) >= 11 is 0. The van der Waals surface area contributed by atoms with E-state index < -0.39 is 0 Å². The lowest BCUT2D eigenvalue weighted by Crippen LogP contribution is -2.25. The van der Waals surface area contributed by atoms with Gasteiger partial charge in [0.15, 0.2) is 0 Å². The Bertz CT molecular complexity index is 493. The molecule has 1 aromatic rings. The molecule has 0 radical (unpaired) electrons. The van der Waals surface area contributed by atoms with Gasteiger partial charge in [0, 0.05) is 36.9 Å². The third kappa shape index (κ3) is 3.57. The van der Waals surface area contributed by atoms with Crippen molar-refractivity contribution < 1.29 is 0 Å². The summed E-state index contributed by atoms with van der Waals surface area (Å²) in [5, 5.41) is 3.67. The molecule has 3 nitrogen and oxygen atoms in total. The molecular formula is C18H29N3. The molecule has 0 aromatic carbocycles. The summed E-state index contributed by atoms with van der Waals surface area (Å²) in [6.45, 7) is 10.0. The van der Waals surface area contributed by atoms with Gasteiger partial charge < -0.3 is 10.2 Å². The molecule has 1 atom stereocenters. The van der Waals surface area contributed by atoms with Crippen molar-refractivity contribution in [3.05, 3.63) is 22.9 Å². The average molecular weight is 287 g/mol. The Labute approximate surface area is 129 Å². The van der Waals surface area contributed by atoms with Gasteiger partial charge >= 0.3 is 0 Å². The van der Waals surface area contributed by atoms with Gasteiger partial charge in [0.25, 0.3) is 0 Å². The van der Waals surface area contributed by atoms with Crippen molar-refractivity contribution in [2.45, 2.75) is 65.5 Å². The van der Waals surface area contributed by atoms with Crippen LogP contribution in [0.3, 0.4) is 0 Å². The zero-order chi connectivity index (χ0) is 14.8. The quantitative estimate of drug-likeness (QED) is 0.867. The fourth-order valence-electron chi connectivity index (χ4n) is 3.53. The topological polar surface area (TPSA) is 28.2 Å². The number of nitrogens with zero attached hydrogens (tertiary/aromatic N) is 2. The third-order valence-corrected chi connectivity index (χ3v) is 4.88. The van der Waals surface area contributed by atoms with E-state index in [4.69, 9.17) is 4.98 Å². The van der Waals surface area contributed by atoms with Gasteiger partial charge in [-0.2, -0.15) is 0 Å². The van der Waals surface area contributed by atoms with Crippen molar-refractivity contribution in [3.8, 4) is 0 Å². The molecule has 21 heavy (non-hydrogen) atoms. The fraction of sp³-hybridized carbons (Fsp3) is 0.722. The average Bonchev–Trinajstić information content (AvgIpc) is 3.15. The largest absolute Gasteiger partial charge is 0.356 e. The fourth-order valence-corrected chi connectivity index (χ4v) is 3.53. The number of hydrogen-bond donors (Lipinski definition) is 1. The van der Waals surface area contributed by atoms with Crippen LogP contribution >= 0.6 is 0 Å². The first kappa shape index (κ1) is 14.8. The molecular weight excluding hydrogens is 258 g/mol. The molecule has 116 valence electrons. The monoisotopic (exact) mass is 287 g/mol. The number of nitrogens with one attached hydrogen (secondary N) is 1. The van der Waals surface area contributed by atoms with E-state index in [2.05, 4.69) is 37.1 Å². The molecule has 2 fully saturated rings. The van der Waals surface area contributed by atoms with Crippen LogP contribution in [-0.4, -0.2) is 24.1 Å². The molecule has 1 aromatic heterocycles. The molecule has 2 aliphatic rings. The molecule has 1 unspecified atom stereocenters. The molecule has 3 rings (SSSR count). The molecule has 1 aliphatic heterocycles. The Hall–Kier alpha value is -1.09. The summed E-state index contributed by atoms with van der Waals surface area (Å²) in [4.78, 5) is 7.43. The van der Waals surface area contributed by atoms with Gasteiger partial charge in [0.05, 0.1) is 0 Å². The predicted octanol–water partition coefficient (Wildman–Crippen LogP) is 3.58. The first-order valence-corrected chi connectivity index (χ1v) is 8.62. The minimum Gasteiger partial charge on any atom is -0.356 e. The molecule has 1 saturated heterocycles. The summed E-state index contributed by atoms with van der Waals surface area (Å²) < 4.78 is 0. The van der Waals surface area contributed by atoms with E-state index in [1.807, 2.05) is 0 Å². The van der Waals surface area contributed by atoms with E-state index in [0.717, 1.165) is 24.2 Å². The second kappa shape index (κ2) is 6.35. The zero-order valence-electron chi connectivity index (χ0n) is 13.8. The number of hydrogen-bond acceptors (Lipinski definition) is 3. The minimum atomic E-state index is 0.755. The van der Waals surface area contributed by atoms with Gasteiger partial charge in [-0.25, -0.2) is 4.98 Å². The van der Waals surface area contributed by atoms with E-state index in [1.165, 1.54) is 62.1 Å². The van der Waals surface area contributed by atoms with E-state index in [0.29, 0.717) is 0 Å². The maximum Gasteiger partial charge on any atom is 0.133 e. The van der Waals surface area contributed by atoms with Crippen LogP contribution in [0.4, 0.5) is 5.82 Å². The molecule has 0 spiro atoms. The third-order valence-electron chi connectivity index (χ3n) is 4.88. The highest BCUT2D eigenvalue weighted by atomic mass is 15.2. The van der Waals surface area contributed by atoms with E-state index >= 15 is 0 Å². The highest BCUT2D eigenvalue weighted by Gasteiger charge is 2.26.